The molecule has 6 heterocycles. The zero-order valence-electron chi connectivity index (χ0n) is 28.6. The number of alkyl halides is 1. The molecule has 5 fully saturated rings. The minimum absolute atomic E-state index is 0.0806. The van der Waals surface area contributed by atoms with Crippen LogP contribution < -0.4 is 15.1 Å². The van der Waals surface area contributed by atoms with Crippen molar-refractivity contribution >= 4 is 49.8 Å². The molecule has 7 atom stereocenters. The topological polar surface area (TPSA) is 121 Å². The number of methoxy groups -OCH3 is 1. The van der Waals surface area contributed by atoms with Gasteiger partial charge in [-0.05, 0) is 86.1 Å². The van der Waals surface area contributed by atoms with Crippen LogP contribution in [0.25, 0.3) is 10.8 Å². The molecule has 1 aromatic carbocycles. The molecule has 266 valence electrons. The molecule has 0 spiro atoms. The summed E-state index contributed by atoms with van der Waals surface area (Å²) in [5.74, 6) is 2.23. The number of hydrogen-bond donors (Lipinski definition) is 1. The maximum absolute atomic E-state index is 14.7. The van der Waals surface area contributed by atoms with Gasteiger partial charge in [0.15, 0.2) is 9.84 Å². The van der Waals surface area contributed by atoms with Crippen molar-refractivity contribution in [3.05, 3.63) is 54.9 Å². The minimum Gasteiger partial charge on any atom is -0.378 e. The van der Waals surface area contributed by atoms with Crippen molar-refractivity contribution in [2.45, 2.75) is 81.0 Å². The molecular formula is C37H46FN7O4S. The lowest BCUT2D eigenvalue weighted by atomic mass is 9.79. The summed E-state index contributed by atoms with van der Waals surface area (Å²) in [6.07, 6.45) is 10.5. The number of nitrogens with zero attached hydrogens (tertiary/aromatic N) is 6. The number of nitrogens with one attached hydrogen (secondary N) is 1. The molecule has 13 heteroatoms. The van der Waals surface area contributed by atoms with Crippen molar-refractivity contribution in [2.75, 3.05) is 54.2 Å². The average Bonchev–Trinajstić information content (AvgIpc) is 3.54. The molecule has 50 heavy (non-hydrogen) atoms. The number of ether oxygens (including phenoxy) is 1. The van der Waals surface area contributed by atoms with Crippen molar-refractivity contribution in [3.63, 3.8) is 0 Å². The summed E-state index contributed by atoms with van der Waals surface area (Å²) >= 11 is 0. The fraction of sp³-hybridized carbons (Fsp3) is 0.568. The highest BCUT2D eigenvalue weighted by Crippen LogP contribution is 2.49. The Hall–Kier alpha value is -3.84. The van der Waals surface area contributed by atoms with E-state index < -0.39 is 22.1 Å². The van der Waals surface area contributed by atoms with E-state index in [4.69, 9.17) is 14.7 Å². The smallest absolute Gasteiger partial charge is 0.246 e. The van der Waals surface area contributed by atoms with Crippen molar-refractivity contribution in [3.8, 4) is 0 Å². The third kappa shape index (κ3) is 5.89. The number of amides is 1. The molecule has 5 aliphatic rings. The van der Waals surface area contributed by atoms with Gasteiger partial charge in [0.2, 0.25) is 11.9 Å². The number of sulfone groups is 1. The van der Waals surface area contributed by atoms with Gasteiger partial charge in [-0.15, -0.1) is 0 Å². The molecule has 8 rings (SSSR count). The van der Waals surface area contributed by atoms with Crippen LogP contribution in [0.4, 0.5) is 27.7 Å². The Morgan fingerprint density at radius 3 is 2.70 bits per heavy atom. The summed E-state index contributed by atoms with van der Waals surface area (Å²) in [7, 11) is -1.57. The van der Waals surface area contributed by atoms with Crippen LogP contribution >= 0.6 is 0 Å². The monoisotopic (exact) mass is 703 g/mol. The number of halogens is 1. The van der Waals surface area contributed by atoms with Crippen LogP contribution in [-0.2, 0) is 19.4 Å². The second-order valence-corrected chi connectivity index (χ2v) is 16.9. The highest BCUT2D eigenvalue weighted by molar-refractivity contribution is 7.92. The number of hydrogen-bond acceptors (Lipinski definition) is 10. The number of rotatable bonds is 7. The number of carbonyl (C=O) groups is 1. The van der Waals surface area contributed by atoms with Gasteiger partial charge in [0, 0.05) is 62.2 Å². The molecular weight excluding hydrogens is 658 g/mol. The second-order valence-electron chi connectivity index (χ2n) is 14.6. The number of pyridine rings is 1. The van der Waals surface area contributed by atoms with E-state index in [1.807, 2.05) is 22.1 Å². The second kappa shape index (κ2) is 13.4. The number of aromatic nitrogens is 3. The predicted molar refractivity (Wildman–Crippen MR) is 192 cm³/mol. The van der Waals surface area contributed by atoms with Crippen LogP contribution in [0.5, 0.6) is 0 Å². The summed E-state index contributed by atoms with van der Waals surface area (Å²) < 4.78 is 46.6. The summed E-state index contributed by atoms with van der Waals surface area (Å²) in [4.78, 5) is 33.0. The Kier molecular flexibility index (Phi) is 8.91. The van der Waals surface area contributed by atoms with Crippen LogP contribution in [0.1, 0.15) is 63.0 Å². The zero-order valence-corrected chi connectivity index (χ0v) is 29.4. The molecule has 0 radical (unpaired) electrons. The normalized spacial score (nSPS) is 30.6. The molecule has 1 amide bonds. The average molecular weight is 704 g/mol. The van der Waals surface area contributed by atoms with Crippen LogP contribution in [0.15, 0.2) is 49.3 Å². The van der Waals surface area contributed by atoms with Gasteiger partial charge >= 0.3 is 0 Å². The number of likely N-dealkylation sites (tertiary alicyclic amines) is 1. The molecule has 0 bridgehead atoms. The van der Waals surface area contributed by atoms with Crippen molar-refractivity contribution in [1.29, 1.82) is 0 Å². The van der Waals surface area contributed by atoms with E-state index in [0.717, 1.165) is 73.5 Å². The van der Waals surface area contributed by atoms with Gasteiger partial charge < -0.3 is 24.8 Å². The van der Waals surface area contributed by atoms with Gasteiger partial charge in [-0.2, -0.15) is 4.98 Å². The Morgan fingerprint density at radius 1 is 1.02 bits per heavy atom. The number of piperidine rings is 1. The maximum atomic E-state index is 14.7. The van der Waals surface area contributed by atoms with Crippen LogP contribution in [0, 0.1) is 11.8 Å². The van der Waals surface area contributed by atoms with E-state index in [-0.39, 0.29) is 41.6 Å². The van der Waals surface area contributed by atoms with E-state index >= 15 is 0 Å². The van der Waals surface area contributed by atoms with Gasteiger partial charge in [-0.1, -0.05) is 19.1 Å². The number of anilines is 4. The standard InChI is InChI=1S/C37H46FN7O4S/c1-3-35(46)44-16-5-10-29(44)24-11-12-31(45-21-27-30(45)9-4-7-23-8-6-18-50(47,48)36(23)27)26-20-40-34(19-25(24)26)41-33-13-15-39-37(42-33)43-17-14-32(49-2)28(38)22-43/h3,11-13,15,19-20,23,27-30,32,36H,1,4-10,14,16-18,21-22H2,2H3,(H,39,40,41,42)/t23-,27-,28-,29-,30+,32+,36-/m1/s1. The molecule has 1 N–H and O–H groups in total. The lowest BCUT2D eigenvalue weighted by Crippen LogP contribution is -2.63. The van der Waals surface area contributed by atoms with Crippen molar-refractivity contribution in [2.24, 2.45) is 11.8 Å². The van der Waals surface area contributed by atoms with Crippen molar-refractivity contribution in [1.82, 2.24) is 19.9 Å². The maximum Gasteiger partial charge on any atom is 0.246 e. The third-order valence-electron chi connectivity index (χ3n) is 11.9. The Balaban J connectivity index is 1.13. The Morgan fingerprint density at radius 2 is 1.88 bits per heavy atom. The SMILES string of the molecule is C=CC(=O)N1CCC[C@@H]1c1ccc(N2C[C@H]3[C@H]4[C@H](CCC[C@@H]32)CCCS4(=O)=O)c2cnc(Nc3ccnc(N4CC[C@H](OC)[C@H](F)C4)n3)cc12. The van der Waals surface area contributed by atoms with Crippen LogP contribution in [0.2, 0.25) is 0 Å². The van der Waals surface area contributed by atoms with Gasteiger partial charge in [0.1, 0.15) is 17.8 Å². The number of benzene rings is 1. The number of fused-ring (bicyclic) bond motifs is 4. The van der Waals surface area contributed by atoms with Crippen LogP contribution in [-0.4, -0.2) is 96.8 Å². The lowest BCUT2D eigenvalue weighted by Gasteiger charge is -2.53. The van der Waals surface area contributed by atoms with E-state index in [0.29, 0.717) is 42.8 Å². The van der Waals surface area contributed by atoms with Crippen molar-refractivity contribution < 1.29 is 22.3 Å². The molecule has 1 saturated carbocycles. The van der Waals surface area contributed by atoms with E-state index in [1.54, 1.807) is 12.3 Å². The van der Waals surface area contributed by atoms with Gasteiger partial charge in [-0.3, -0.25) is 4.79 Å². The van der Waals surface area contributed by atoms with Gasteiger partial charge in [0.05, 0.1) is 29.7 Å². The fourth-order valence-electron chi connectivity index (χ4n) is 9.56. The molecule has 0 unspecified atom stereocenters. The highest BCUT2D eigenvalue weighted by atomic mass is 32.2. The molecule has 1 aliphatic carbocycles. The van der Waals surface area contributed by atoms with Gasteiger partial charge in [0.25, 0.3) is 0 Å². The summed E-state index contributed by atoms with van der Waals surface area (Å²) in [6, 6.07) is 8.16. The first kappa shape index (κ1) is 33.3. The summed E-state index contributed by atoms with van der Waals surface area (Å²) in [5.41, 5.74) is 2.10. The fourth-order valence-corrected chi connectivity index (χ4v) is 12.1. The molecule has 4 aliphatic heterocycles. The molecule has 4 saturated heterocycles. The quantitative estimate of drug-likeness (QED) is 0.322. The summed E-state index contributed by atoms with van der Waals surface area (Å²) in [5, 5.41) is 5.09. The van der Waals surface area contributed by atoms with Crippen LogP contribution in [0.3, 0.4) is 0 Å². The van der Waals surface area contributed by atoms with E-state index in [2.05, 4.69) is 33.9 Å². The highest BCUT2D eigenvalue weighted by Gasteiger charge is 2.53. The van der Waals surface area contributed by atoms with E-state index in [1.165, 1.54) is 13.2 Å². The number of carbonyl (C=O) groups excluding carboxylic acids is 1. The zero-order chi connectivity index (χ0) is 34.6. The molecule has 11 nitrogen and oxygen atoms in total. The Bertz CT molecular complexity index is 1890. The summed E-state index contributed by atoms with van der Waals surface area (Å²) in [6.45, 7) is 5.89. The van der Waals surface area contributed by atoms with Gasteiger partial charge in [-0.25, -0.2) is 22.8 Å². The molecule has 3 aromatic rings. The third-order valence-corrected chi connectivity index (χ3v) is 14.4. The first-order valence-electron chi connectivity index (χ1n) is 18.1. The Labute approximate surface area is 293 Å². The van der Waals surface area contributed by atoms with E-state index in [9.17, 15) is 17.6 Å². The lowest BCUT2D eigenvalue weighted by molar-refractivity contribution is -0.126. The molecule has 2 aromatic heterocycles. The first-order chi connectivity index (χ1) is 24.3. The predicted octanol–water partition coefficient (Wildman–Crippen LogP) is 5.36. The first-order valence-corrected chi connectivity index (χ1v) is 19.8. The minimum atomic E-state index is -3.10. The largest absolute Gasteiger partial charge is 0.378 e.